The molecule has 1 aliphatic heterocycles. The first-order chi connectivity index (χ1) is 21.0. The van der Waals surface area contributed by atoms with Gasteiger partial charge >= 0.3 is 5.97 Å². The maximum atomic E-state index is 14.2. The zero-order chi connectivity index (χ0) is 31.3. The second kappa shape index (κ2) is 12.0. The minimum atomic E-state index is -0.345. The molecule has 0 radical (unpaired) electrons. The van der Waals surface area contributed by atoms with Gasteiger partial charge in [-0.05, 0) is 103 Å². The zero-order valence-corrected chi connectivity index (χ0v) is 27.5. The molecule has 0 bridgehead atoms. The number of allylic oxidation sites excluding steroid dienone is 5. The summed E-state index contributed by atoms with van der Waals surface area (Å²) in [6.45, 7) is 13.7. The van der Waals surface area contributed by atoms with E-state index < -0.39 is 0 Å². The van der Waals surface area contributed by atoms with Gasteiger partial charge in [0.15, 0.2) is 0 Å². The van der Waals surface area contributed by atoms with E-state index in [1.165, 1.54) is 37.3 Å². The monoisotopic (exact) mass is 598 g/mol. The Morgan fingerprint density at radius 2 is 1.73 bits per heavy atom. The predicted octanol–water partition coefficient (Wildman–Crippen LogP) is 7.76. The normalized spacial score (nSPS) is 30.8. The quantitative estimate of drug-likeness (QED) is 0.252. The summed E-state index contributed by atoms with van der Waals surface area (Å²) in [6.07, 6.45) is 15.0. The van der Waals surface area contributed by atoms with Crippen molar-refractivity contribution in [2.24, 2.45) is 35.0 Å². The van der Waals surface area contributed by atoms with E-state index in [2.05, 4.69) is 52.8 Å². The lowest BCUT2D eigenvalue weighted by molar-refractivity contribution is -0.146. The number of benzene rings is 1. The number of nitrogens with zero attached hydrogens (tertiary/aromatic N) is 2. The Kier molecular flexibility index (Phi) is 8.40. The lowest BCUT2D eigenvalue weighted by atomic mass is 9.61. The van der Waals surface area contributed by atoms with Crippen LogP contribution in [0.25, 0.3) is 10.8 Å². The molecule has 1 aromatic carbocycles. The summed E-state index contributed by atoms with van der Waals surface area (Å²) in [7, 11) is 0. The number of rotatable bonds is 6. The highest BCUT2D eigenvalue weighted by molar-refractivity contribution is 5.80. The molecule has 0 saturated heterocycles. The van der Waals surface area contributed by atoms with Crippen molar-refractivity contribution in [3.63, 3.8) is 0 Å². The second-order valence-corrected chi connectivity index (χ2v) is 14.8. The number of fused-ring (bicyclic) bond motifs is 3. The Bertz CT molecular complexity index is 1650. The van der Waals surface area contributed by atoms with Crippen LogP contribution in [0.3, 0.4) is 0 Å². The fraction of sp³-hybridized carbons (Fsp3) is 0.605. The molecule has 44 heavy (non-hydrogen) atoms. The van der Waals surface area contributed by atoms with Crippen LogP contribution in [-0.2, 0) is 16.1 Å². The van der Waals surface area contributed by atoms with Crippen LogP contribution in [0.5, 0.6) is 0 Å². The van der Waals surface area contributed by atoms with Gasteiger partial charge in [0.1, 0.15) is 6.10 Å². The SMILES string of the molecule is CC(=O)OC1CCC2=C(C1)C(C=C1CCC[C@@]3(C)C1CCC3C(C)C=CC(C)C(C)C)n1c(=O)c3ccccc3c(=O)n1C2. The summed E-state index contributed by atoms with van der Waals surface area (Å²) in [5.74, 6) is 2.55. The summed E-state index contributed by atoms with van der Waals surface area (Å²) in [6, 6.07) is 6.86. The number of carbonyl (C=O) groups is 1. The van der Waals surface area contributed by atoms with Crippen LogP contribution >= 0.6 is 0 Å². The standard InChI is InChI=1S/C38H50N2O4/c1-23(2)24(3)13-14-25(4)33-17-18-34-27(10-9-19-38(33,34)6)20-35-32-21-29(44-26(5)41)16-15-28(32)22-39-36(42)30-11-7-8-12-31(30)37(43)40(35)39/h7-8,11-14,20,23-25,29,33-35H,9-10,15-19,21-22H2,1-6H3/t24?,25?,29?,33?,34?,35?,38-/m1/s1. The van der Waals surface area contributed by atoms with Crippen molar-refractivity contribution in [2.45, 2.75) is 112 Å². The van der Waals surface area contributed by atoms with Crippen LogP contribution in [0.2, 0.25) is 0 Å². The maximum absolute atomic E-state index is 14.2. The van der Waals surface area contributed by atoms with Crippen molar-refractivity contribution in [1.29, 1.82) is 0 Å². The molecule has 6 heteroatoms. The highest BCUT2D eigenvalue weighted by atomic mass is 16.5. The van der Waals surface area contributed by atoms with Gasteiger partial charge in [-0.3, -0.25) is 14.4 Å². The van der Waals surface area contributed by atoms with Gasteiger partial charge in [-0.25, -0.2) is 9.36 Å². The van der Waals surface area contributed by atoms with Crippen molar-refractivity contribution in [2.75, 3.05) is 0 Å². The third kappa shape index (κ3) is 5.37. The van der Waals surface area contributed by atoms with E-state index in [4.69, 9.17) is 4.74 Å². The molecule has 7 atom stereocenters. The van der Waals surface area contributed by atoms with E-state index in [0.29, 0.717) is 53.3 Å². The van der Waals surface area contributed by atoms with E-state index >= 15 is 0 Å². The summed E-state index contributed by atoms with van der Waals surface area (Å²) in [4.78, 5) is 39.9. The molecule has 4 aliphatic rings. The Morgan fingerprint density at radius 3 is 2.43 bits per heavy atom. The Morgan fingerprint density at radius 1 is 1.00 bits per heavy atom. The summed E-state index contributed by atoms with van der Waals surface area (Å²) in [5.41, 5.74) is 3.80. The molecule has 6 unspecified atom stereocenters. The second-order valence-electron chi connectivity index (χ2n) is 14.8. The lowest BCUT2D eigenvalue weighted by Gasteiger charge is -2.45. The minimum Gasteiger partial charge on any atom is -0.462 e. The Labute approximate surface area is 261 Å². The highest BCUT2D eigenvalue weighted by Gasteiger charge is 2.50. The van der Waals surface area contributed by atoms with Crippen LogP contribution in [0, 0.1) is 35.0 Å². The average molecular weight is 599 g/mol. The molecule has 0 amide bonds. The molecule has 6 rings (SSSR count). The van der Waals surface area contributed by atoms with Crippen LogP contribution < -0.4 is 11.1 Å². The van der Waals surface area contributed by atoms with Crippen LogP contribution in [0.4, 0.5) is 0 Å². The largest absolute Gasteiger partial charge is 0.462 e. The van der Waals surface area contributed by atoms with Crippen LogP contribution in [0.15, 0.2) is 68.8 Å². The summed E-state index contributed by atoms with van der Waals surface area (Å²) in [5, 5.41) is 0.953. The van der Waals surface area contributed by atoms with Crippen LogP contribution in [0.1, 0.15) is 99.0 Å². The summed E-state index contributed by atoms with van der Waals surface area (Å²) < 4.78 is 9.15. The molecule has 236 valence electrons. The van der Waals surface area contributed by atoms with Crippen LogP contribution in [-0.4, -0.2) is 21.4 Å². The zero-order valence-electron chi connectivity index (χ0n) is 27.5. The van der Waals surface area contributed by atoms with Crippen molar-refractivity contribution in [3.05, 3.63) is 79.9 Å². The third-order valence-corrected chi connectivity index (χ3v) is 11.9. The predicted molar refractivity (Wildman–Crippen MR) is 176 cm³/mol. The van der Waals surface area contributed by atoms with Crippen molar-refractivity contribution in [3.8, 4) is 0 Å². The van der Waals surface area contributed by atoms with Gasteiger partial charge in [-0.15, -0.1) is 0 Å². The van der Waals surface area contributed by atoms with E-state index in [1.54, 1.807) is 21.5 Å². The number of ether oxygens (including phenoxy) is 1. The van der Waals surface area contributed by atoms with Crippen molar-refractivity contribution in [1.82, 2.24) is 9.36 Å². The minimum absolute atomic E-state index is 0.108. The number of hydrogen-bond acceptors (Lipinski definition) is 4. The van der Waals surface area contributed by atoms with Gasteiger partial charge in [-0.2, -0.15) is 0 Å². The molecule has 0 N–H and O–H groups in total. The molecular weight excluding hydrogens is 548 g/mol. The Balaban J connectivity index is 1.42. The maximum Gasteiger partial charge on any atom is 0.302 e. The van der Waals surface area contributed by atoms with E-state index in [-0.39, 0.29) is 34.6 Å². The first kappa shape index (κ1) is 30.9. The number of esters is 1. The van der Waals surface area contributed by atoms with E-state index in [1.807, 2.05) is 12.1 Å². The van der Waals surface area contributed by atoms with Gasteiger partial charge in [0.25, 0.3) is 11.1 Å². The van der Waals surface area contributed by atoms with E-state index in [9.17, 15) is 14.4 Å². The molecule has 2 saturated carbocycles. The van der Waals surface area contributed by atoms with Gasteiger partial charge in [0.2, 0.25) is 0 Å². The first-order valence-corrected chi connectivity index (χ1v) is 17.0. The smallest absolute Gasteiger partial charge is 0.302 e. The fourth-order valence-electron chi connectivity index (χ4n) is 9.14. The van der Waals surface area contributed by atoms with Gasteiger partial charge in [-0.1, -0.05) is 70.6 Å². The first-order valence-electron chi connectivity index (χ1n) is 17.0. The van der Waals surface area contributed by atoms with Gasteiger partial charge in [0.05, 0.1) is 23.4 Å². The average Bonchev–Trinajstić information content (AvgIpc) is 3.36. The highest BCUT2D eigenvalue weighted by Crippen LogP contribution is 2.60. The number of aromatic nitrogens is 2. The molecule has 2 fully saturated rings. The molecule has 0 spiro atoms. The number of carbonyl (C=O) groups excluding carboxylic acids is 1. The van der Waals surface area contributed by atoms with Crippen molar-refractivity contribution >= 4 is 16.7 Å². The molecule has 3 aliphatic carbocycles. The molecule has 1 aromatic heterocycles. The van der Waals surface area contributed by atoms with E-state index in [0.717, 1.165) is 31.3 Å². The fourth-order valence-corrected chi connectivity index (χ4v) is 9.14. The van der Waals surface area contributed by atoms with Gasteiger partial charge < -0.3 is 4.74 Å². The Hall–Kier alpha value is -3.15. The lowest BCUT2D eigenvalue weighted by Crippen LogP contribution is -2.46. The summed E-state index contributed by atoms with van der Waals surface area (Å²) >= 11 is 0. The van der Waals surface area contributed by atoms with Gasteiger partial charge in [0, 0.05) is 13.3 Å². The molecule has 6 nitrogen and oxygen atoms in total. The molecule has 2 heterocycles. The molecular formula is C38H50N2O4. The van der Waals surface area contributed by atoms with Crippen molar-refractivity contribution < 1.29 is 9.53 Å². The topological polar surface area (TPSA) is 70.3 Å². The third-order valence-electron chi connectivity index (χ3n) is 11.9. The molecule has 2 aromatic rings. The number of hydrogen-bond donors (Lipinski definition) is 0.